The van der Waals surface area contributed by atoms with Crippen LogP contribution in [0.15, 0.2) is 0 Å². The van der Waals surface area contributed by atoms with Crippen LogP contribution in [-0.2, 0) is 61.2 Å². The maximum Gasteiger partial charge on any atom is 0.311 e. The summed E-state index contributed by atoms with van der Waals surface area (Å²) in [6.07, 6.45) is 5.10. The fraction of sp³-hybridized carbons (Fsp3) is 0.864. The van der Waals surface area contributed by atoms with Gasteiger partial charge in [0.25, 0.3) is 6.47 Å². The zero-order valence-corrected chi connectivity index (χ0v) is 22.7. The van der Waals surface area contributed by atoms with Gasteiger partial charge in [0.05, 0.1) is 23.2 Å². The molecule has 0 spiro atoms. The largest absolute Gasteiger partial charge is 0.544 e. The fourth-order valence-electron chi connectivity index (χ4n) is 2.77. The number of hydrogen-bond donors (Lipinski definition) is 0. The average molecular weight is 490 g/mol. The summed E-state index contributed by atoms with van der Waals surface area (Å²) in [5, 5.41) is 0. The smallest absolute Gasteiger partial charge is 0.311 e. The van der Waals surface area contributed by atoms with Crippen LogP contribution in [0, 0.1) is 11.5 Å². The predicted molar refractivity (Wildman–Crippen MR) is 110 cm³/mol. The van der Waals surface area contributed by atoms with Crippen molar-refractivity contribution < 1.29 is 61.2 Å². The van der Waals surface area contributed by atoms with Gasteiger partial charge in [-0.15, -0.1) is 0 Å². The predicted octanol–water partition coefficient (Wildman–Crippen LogP) is 4.84. The summed E-state index contributed by atoms with van der Waals surface area (Å²) in [6.45, 7) is 18.0. The number of rotatable bonds is 7. The minimum atomic E-state index is -0.443. The Morgan fingerprint density at radius 3 is 2.00 bits per heavy atom. The Bertz CT molecular complexity index is 453. The molecule has 1 saturated carbocycles. The van der Waals surface area contributed by atoms with E-state index in [9.17, 15) is 9.59 Å². The number of hydrogen-bond acceptors (Lipinski definition) is 6. The van der Waals surface area contributed by atoms with E-state index in [1.165, 1.54) is 0 Å². The van der Waals surface area contributed by atoms with Crippen molar-refractivity contribution in [2.75, 3.05) is 6.61 Å². The van der Waals surface area contributed by atoms with Crippen LogP contribution < -0.4 is 0 Å². The van der Waals surface area contributed by atoms with Crippen molar-refractivity contribution in [3.63, 3.8) is 0 Å². The Balaban J connectivity index is 0. The van der Waals surface area contributed by atoms with Crippen molar-refractivity contribution in [2.45, 2.75) is 112 Å². The molecule has 0 bridgehead atoms. The summed E-state index contributed by atoms with van der Waals surface area (Å²) in [5.74, 6) is -0.188. The molecule has 0 saturated heterocycles. The molecule has 0 aromatic heterocycles. The van der Waals surface area contributed by atoms with E-state index in [2.05, 4.69) is 0 Å². The number of ether oxygens (including phenoxy) is 4. The van der Waals surface area contributed by atoms with Crippen molar-refractivity contribution >= 4 is 12.4 Å². The molecule has 7 heteroatoms. The first-order valence-electron chi connectivity index (χ1n) is 10.2. The van der Waals surface area contributed by atoms with Crippen LogP contribution >= 0.6 is 0 Å². The molecule has 0 heterocycles. The van der Waals surface area contributed by atoms with Crippen LogP contribution in [-0.4, -0.2) is 43.0 Å². The van der Waals surface area contributed by atoms with Crippen LogP contribution in [0.25, 0.3) is 0 Å². The van der Waals surface area contributed by atoms with Gasteiger partial charge >= 0.3 is 5.97 Å². The first-order valence-corrected chi connectivity index (χ1v) is 10.2. The molecule has 3 unspecified atom stereocenters. The number of carbonyl (C=O) groups is 2. The molecule has 0 amide bonds. The van der Waals surface area contributed by atoms with Gasteiger partial charge in [-0.1, -0.05) is 6.42 Å². The number of esters is 1. The van der Waals surface area contributed by atoms with E-state index in [4.69, 9.17) is 18.9 Å². The minimum absolute atomic E-state index is 0. The van der Waals surface area contributed by atoms with E-state index in [-0.39, 0.29) is 62.6 Å². The molecule has 0 N–H and O–H groups in total. The van der Waals surface area contributed by atoms with Crippen molar-refractivity contribution in [3.05, 3.63) is 6.10 Å². The fourth-order valence-corrected chi connectivity index (χ4v) is 2.77. The summed E-state index contributed by atoms with van der Waals surface area (Å²) in [7, 11) is 0. The van der Waals surface area contributed by atoms with Crippen LogP contribution in [0.1, 0.15) is 88.0 Å². The van der Waals surface area contributed by atoms with Crippen LogP contribution in [0.3, 0.4) is 0 Å². The van der Waals surface area contributed by atoms with Crippen molar-refractivity contribution in [2.24, 2.45) is 5.41 Å². The molecule has 6 nitrogen and oxygen atoms in total. The van der Waals surface area contributed by atoms with Gasteiger partial charge in [-0.25, -0.2) is 6.10 Å². The van der Waals surface area contributed by atoms with E-state index in [0.29, 0.717) is 13.1 Å². The van der Waals surface area contributed by atoms with Gasteiger partial charge in [0.15, 0.2) is 0 Å². The monoisotopic (exact) mass is 490 g/mol. The first-order chi connectivity index (χ1) is 12.8. The summed E-state index contributed by atoms with van der Waals surface area (Å²) in [5.41, 5.74) is -0.644. The molecular formula is C22H41O6Y-. The zero-order chi connectivity index (χ0) is 22.0. The first kappa shape index (κ1) is 31.2. The molecule has 169 valence electrons. The average Bonchev–Trinajstić information content (AvgIpc) is 2.52. The minimum Gasteiger partial charge on any atom is -0.544 e. The Kier molecular flexibility index (Phi) is 16.0. The molecule has 1 aliphatic rings. The topological polar surface area (TPSA) is 71.1 Å². The molecule has 1 fully saturated rings. The summed E-state index contributed by atoms with van der Waals surface area (Å²) >= 11 is 0. The third-order valence-corrected chi connectivity index (χ3v) is 3.88. The van der Waals surface area contributed by atoms with Gasteiger partial charge in [-0.3, -0.25) is 9.59 Å². The molecule has 1 aliphatic carbocycles. The van der Waals surface area contributed by atoms with E-state index in [1.54, 1.807) is 0 Å². The van der Waals surface area contributed by atoms with Crippen LogP contribution in [0.2, 0.25) is 0 Å². The summed E-state index contributed by atoms with van der Waals surface area (Å²) in [6, 6.07) is 0. The maximum absolute atomic E-state index is 11.5. The van der Waals surface area contributed by atoms with Gasteiger partial charge in [-0.05, 0) is 67.7 Å². The Labute approximate surface area is 203 Å². The zero-order valence-electron chi connectivity index (χ0n) is 19.9. The second-order valence-corrected chi connectivity index (χ2v) is 9.51. The van der Waals surface area contributed by atoms with Crippen molar-refractivity contribution in [3.8, 4) is 0 Å². The molecule has 1 rings (SSSR count). The van der Waals surface area contributed by atoms with E-state index in [0.717, 1.165) is 31.8 Å². The van der Waals surface area contributed by atoms with E-state index in [1.807, 2.05) is 62.3 Å². The molecule has 1 radical (unpaired) electrons. The summed E-state index contributed by atoms with van der Waals surface area (Å²) < 4.78 is 21.3. The molecule has 29 heavy (non-hydrogen) atoms. The van der Waals surface area contributed by atoms with Gasteiger partial charge < -0.3 is 18.9 Å². The van der Waals surface area contributed by atoms with Gasteiger partial charge in [0, 0.05) is 32.7 Å². The molecular weight excluding hydrogens is 449 g/mol. The Hall–Kier alpha value is -0.0361. The SMILES string of the molecule is CC(COC(=O)C(C)(C)C)OC(C)(C)C.C[C-](C)OC1CCCCC1OC=O.[Y]. The van der Waals surface area contributed by atoms with Crippen LogP contribution in [0.5, 0.6) is 0 Å². The molecule has 0 aromatic rings. The molecule has 0 aromatic carbocycles. The Morgan fingerprint density at radius 1 is 1.07 bits per heavy atom. The second-order valence-electron chi connectivity index (χ2n) is 9.51. The molecule has 0 aliphatic heterocycles. The third-order valence-electron chi connectivity index (χ3n) is 3.88. The normalized spacial score (nSPS) is 20.6. The standard InChI is InChI=1S/C12H24O3.C10H17O3.Y/c1-9(15-12(5,6)7)8-14-10(13)11(2,3)4;1-8(2)13-10-6-4-3-5-9(10)12-7-11;/h9H,8H2,1-7H3;7,9-10H,3-6H2,1-2H3;/q;-1;. The van der Waals surface area contributed by atoms with Crippen LogP contribution in [0.4, 0.5) is 0 Å². The van der Waals surface area contributed by atoms with Crippen molar-refractivity contribution in [1.82, 2.24) is 0 Å². The van der Waals surface area contributed by atoms with Gasteiger partial charge in [-0.2, -0.15) is 13.8 Å². The van der Waals surface area contributed by atoms with Crippen molar-refractivity contribution in [1.29, 1.82) is 0 Å². The molecule has 3 atom stereocenters. The summed E-state index contributed by atoms with van der Waals surface area (Å²) in [4.78, 5) is 21.7. The maximum atomic E-state index is 11.5. The van der Waals surface area contributed by atoms with Gasteiger partial charge in [0.1, 0.15) is 12.7 Å². The van der Waals surface area contributed by atoms with E-state index < -0.39 is 5.41 Å². The second kappa shape index (κ2) is 14.9. The number of carbonyl (C=O) groups excluding carboxylic acids is 2. The third kappa shape index (κ3) is 16.3. The van der Waals surface area contributed by atoms with Gasteiger partial charge in [0.2, 0.25) is 0 Å². The quantitative estimate of drug-likeness (QED) is 0.289. The van der Waals surface area contributed by atoms with E-state index >= 15 is 0 Å². The Morgan fingerprint density at radius 2 is 1.59 bits per heavy atom.